The summed E-state index contributed by atoms with van der Waals surface area (Å²) in [7, 11) is 1.54. The van der Waals surface area contributed by atoms with Gasteiger partial charge in [0, 0.05) is 31.6 Å². The van der Waals surface area contributed by atoms with Crippen LogP contribution in [0, 0.1) is 0 Å². The van der Waals surface area contributed by atoms with Gasteiger partial charge in [-0.3, -0.25) is 9.59 Å². The zero-order chi connectivity index (χ0) is 20.6. The molecule has 1 heterocycles. The summed E-state index contributed by atoms with van der Waals surface area (Å²) >= 11 is 3.47. The average molecular weight is 461 g/mol. The molecule has 154 valence electrons. The first-order valence-electron chi connectivity index (χ1n) is 9.68. The number of nitrogens with zero attached hydrogens (tertiary/aromatic N) is 1. The molecule has 1 aliphatic heterocycles. The monoisotopic (exact) mass is 460 g/mol. The lowest BCUT2D eigenvalue weighted by Crippen LogP contribution is -2.32. The van der Waals surface area contributed by atoms with E-state index in [1.807, 2.05) is 35.2 Å². The normalized spacial score (nSPS) is 13.2. The van der Waals surface area contributed by atoms with Crippen molar-refractivity contribution < 1.29 is 19.1 Å². The summed E-state index contributed by atoms with van der Waals surface area (Å²) in [6.45, 7) is 2.34. The van der Waals surface area contributed by atoms with Crippen molar-refractivity contribution in [2.75, 3.05) is 26.7 Å². The third-order valence-electron chi connectivity index (χ3n) is 4.80. The van der Waals surface area contributed by atoms with Crippen molar-refractivity contribution in [2.24, 2.45) is 0 Å². The van der Waals surface area contributed by atoms with Crippen LogP contribution in [0.2, 0.25) is 0 Å². The van der Waals surface area contributed by atoms with Crippen molar-refractivity contribution >= 4 is 27.7 Å². The Labute approximate surface area is 179 Å². The maximum Gasteiger partial charge on any atom is 0.251 e. The van der Waals surface area contributed by atoms with Gasteiger partial charge in [0.05, 0.1) is 11.6 Å². The topological polar surface area (TPSA) is 67.9 Å². The van der Waals surface area contributed by atoms with Crippen LogP contribution in [0.1, 0.15) is 35.2 Å². The van der Waals surface area contributed by atoms with Gasteiger partial charge in [-0.2, -0.15) is 0 Å². The van der Waals surface area contributed by atoms with Gasteiger partial charge < -0.3 is 19.7 Å². The van der Waals surface area contributed by atoms with Gasteiger partial charge in [0.15, 0.2) is 11.5 Å². The van der Waals surface area contributed by atoms with Crippen molar-refractivity contribution in [3.63, 3.8) is 0 Å². The summed E-state index contributed by atoms with van der Waals surface area (Å²) in [6.07, 6.45) is 2.43. The third kappa shape index (κ3) is 5.73. The van der Waals surface area contributed by atoms with Crippen LogP contribution in [0.5, 0.6) is 11.5 Å². The van der Waals surface area contributed by atoms with E-state index in [-0.39, 0.29) is 11.8 Å². The first-order chi connectivity index (χ1) is 14.1. The van der Waals surface area contributed by atoms with E-state index in [0.717, 1.165) is 31.5 Å². The quantitative estimate of drug-likeness (QED) is 0.650. The van der Waals surface area contributed by atoms with Crippen LogP contribution in [0.4, 0.5) is 0 Å². The molecule has 29 heavy (non-hydrogen) atoms. The molecular formula is C22H25BrN2O4. The Morgan fingerprint density at radius 1 is 1.14 bits per heavy atom. The van der Waals surface area contributed by atoms with E-state index in [0.29, 0.717) is 41.1 Å². The Morgan fingerprint density at radius 2 is 1.86 bits per heavy atom. The minimum Gasteiger partial charge on any atom is -0.493 e. The third-order valence-corrected chi connectivity index (χ3v) is 5.39. The number of ether oxygens (including phenoxy) is 2. The van der Waals surface area contributed by atoms with Crippen LogP contribution in [0.25, 0.3) is 0 Å². The Kier molecular flexibility index (Phi) is 7.52. The molecule has 0 bridgehead atoms. The maximum atomic E-state index is 12.5. The second kappa shape index (κ2) is 10.3. The molecule has 2 aromatic rings. The molecule has 1 N–H and O–H groups in total. The van der Waals surface area contributed by atoms with Crippen molar-refractivity contribution in [1.82, 2.24) is 10.2 Å². The lowest BCUT2D eigenvalue weighted by Gasteiger charge is -2.16. The largest absolute Gasteiger partial charge is 0.493 e. The second-order valence-corrected chi connectivity index (χ2v) is 7.71. The summed E-state index contributed by atoms with van der Waals surface area (Å²) in [5.41, 5.74) is 1.47. The molecule has 0 spiro atoms. The van der Waals surface area contributed by atoms with E-state index in [9.17, 15) is 9.59 Å². The number of amides is 2. The van der Waals surface area contributed by atoms with Gasteiger partial charge in [-0.05, 0) is 46.5 Å². The Balaban J connectivity index is 1.59. The standard InChI is InChI=1S/C22H25BrN2O4/c1-28-19-14-17(22(27)24-10-9-20(26)25-11-5-6-12-25)13-18(23)21(19)29-15-16-7-3-2-4-8-16/h2-4,7-8,13-14H,5-6,9-12,15H2,1H3,(H,24,27). The molecule has 6 nitrogen and oxygen atoms in total. The van der Waals surface area contributed by atoms with E-state index in [1.165, 1.54) is 7.11 Å². The van der Waals surface area contributed by atoms with Crippen LogP contribution in [0.15, 0.2) is 46.9 Å². The summed E-state index contributed by atoms with van der Waals surface area (Å²) in [5.74, 6) is 0.838. The number of carbonyl (C=O) groups is 2. The Morgan fingerprint density at radius 3 is 2.55 bits per heavy atom. The smallest absolute Gasteiger partial charge is 0.251 e. The highest BCUT2D eigenvalue weighted by Gasteiger charge is 2.19. The molecule has 0 aliphatic carbocycles. The zero-order valence-corrected chi connectivity index (χ0v) is 18.0. The summed E-state index contributed by atoms with van der Waals surface area (Å²) in [4.78, 5) is 26.4. The molecule has 1 aliphatic rings. The number of nitrogens with one attached hydrogen (secondary N) is 1. The Hall–Kier alpha value is -2.54. The molecule has 0 radical (unpaired) electrons. The second-order valence-electron chi connectivity index (χ2n) is 6.86. The van der Waals surface area contributed by atoms with Crippen molar-refractivity contribution in [3.8, 4) is 11.5 Å². The molecule has 0 atom stereocenters. The predicted octanol–water partition coefficient (Wildman–Crippen LogP) is 3.78. The Bertz CT molecular complexity index is 851. The average Bonchev–Trinajstić information content (AvgIpc) is 3.28. The molecule has 0 saturated carbocycles. The zero-order valence-electron chi connectivity index (χ0n) is 16.4. The lowest BCUT2D eigenvalue weighted by atomic mass is 10.2. The minimum absolute atomic E-state index is 0.0891. The summed E-state index contributed by atoms with van der Waals surface area (Å²) in [5, 5.41) is 2.81. The number of carbonyl (C=O) groups excluding carboxylic acids is 2. The molecule has 7 heteroatoms. The van der Waals surface area contributed by atoms with Gasteiger partial charge in [0.1, 0.15) is 6.61 Å². The number of benzene rings is 2. The highest BCUT2D eigenvalue weighted by molar-refractivity contribution is 9.10. The fourth-order valence-electron chi connectivity index (χ4n) is 3.23. The fraction of sp³-hybridized carbons (Fsp3) is 0.364. The first-order valence-corrected chi connectivity index (χ1v) is 10.5. The molecule has 1 saturated heterocycles. The number of rotatable bonds is 8. The summed E-state index contributed by atoms with van der Waals surface area (Å²) in [6, 6.07) is 13.1. The highest BCUT2D eigenvalue weighted by atomic mass is 79.9. The lowest BCUT2D eigenvalue weighted by molar-refractivity contribution is -0.129. The fourth-order valence-corrected chi connectivity index (χ4v) is 3.79. The van der Waals surface area contributed by atoms with Crippen LogP contribution < -0.4 is 14.8 Å². The van der Waals surface area contributed by atoms with Crippen molar-refractivity contribution in [1.29, 1.82) is 0 Å². The van der Waals surface area contributed by atoms with Gasteiger partial charge >= 0.3 is 0 Å². The van der Waals surface area contributed by atoms with E-state index in [2.05, 4.69) is 21.2 Å². The van der Waals surface area contributed by atoms with Crippen molar-refractivity contribution in [3.05, 3.63) is 58.1 Å². The van der Waals surface area contributed by atoms with Gasteiger partial charge in [0.2, 0.25) is 5.91 Å². The molecule has 2 aromatic carbocycles. The number of hydrogen-bond donors (Lipinski definition) is 1. The molecule has 0 aromatic heterocycles. The number of halogens is 1. The van der Waals surface area contributed by atoms with E-state index < -0.39 is 0 Å². The van der Waals surface area contributed by atoms with Crippen LogP contribution in [0.3, 0.4) is 0 Å². The molecule has 2 amide bonds. The molecule has 1 fully saturated rings. The minimum atomic E-state index is -0.257. The van der Waals surface area contributed by atoms with Crippen molar-refractivity contribution in [2.45, 2.75) is 25.9 Å². The van der Waals surface area contributed by atoms with Gasteiger partial charge in [-0.1, -0.05) is 30.3 Å². The van der Waals surface area contributed by atoms with Gasteiger partial charge in [-0.25, -0.2) is 0 Å². The SMILES string of the molecule is COc1cc(C(=O)NCCC(=O)N2CCCC2)cc(Br)c1OCc1ccccc1. The summed E-state index contributed by atoms with van der Waals surface area (Å²) < 4.78 is 11.9. The van der Waals surface area contributed by atoms with E-state index in [1.54, 1.807) is 12.1 Å². The van der Waals surface area contributed by atoms with Crippen LogP contribution >= 0.6 is 15.9 Å². The van der Waals surface area contributed by atoms with Crippen LogP contribution in [-0.4, -0.2) is 43.5 Å². The molecular weight excluding hydrogens is 436 g/mol. The van der Waals surface area contributed by atoms with Gasteiger partial charge in [0.25, 0.3) is 5.91 Å². The number of methoxy groups -OCH3 is 1. The first kappa shape index (κ1) is 21.2. The van der Waals surface area contributed by atoms with Crippen LogP contribution in [-0.2, 0) is 11.4 Å². The van der Waals surface area contributed by atoms with E-state index in [4.69, 9.17) is 9.47 Å². The van der Waals surface area contributed by atoms with E-state index >= 15 is 0 Å². The van der Waals surface area contributed by atoms with Gasteiger partial charge in [-0.15, -0.1) is 0 Å². The highest BCUT2D eigenvalue weighted by Crippen LogP contribution is 2.37. The molecule has 3 rings (SSSR count). The predicted molar refractivity (Wildman–Crippen MR) is 114 cm³/mol. The maximum absolute atomic E-state index is 12.5. The molecule has 0 unspecified atom stereocenters. The number of likely N-dealkylation sites (tertiary alicyclic amines) is 1. The number of hydrogen-bond acceptors (Lipinski definition) is 4.